The zero-order valence-electron chi connectivity index (χ0n) is 11.9. The Labute approximate surface area is 136 Å². The van der Waals surface area contributed by atoms with Crippen LogP contribution in [0.1, 0.15) is 27.7 Å². The highest BCUT2D eigenvalue weighted by Crippen LogP contribution is 2.19. The third-order valence-corrected chi connectivity index (χ3v) is 3.36. The second kappa shape index (κ2) is 9.89. The maximum Gasteiger partial charge on any atom is 0.631 e. The topological polar surface area (TPSA) is 101 Å². The Morgan fingerprint density at radius 2 is 0.900 bits per heavy atom. The summed E-state index contributed by atoms with van der Waals surface area (Å²) in [5.41, 5.74) is -2.01. The van der Waals surface area contributed by atoms with Crippen molar-refractivity contribution in [3.8, 4) is 0 Å². The van der Waals surface area contributed by atoms with E-state index in [4.69, 9.17) is 25.3 Å². The summed E-state index contributed by atoms with van der Waals surface area (Å²) in [6.45, 7) is 6.31. The SMILES string of the molecule is Brc1ccc(Br)cc1.CC(C)(O)C(C)(C)O.OB(O)O. The second-order valence-electron chi connectivity index (χ2n) is 4.90. The Kier molecular flexibility index (Phi) is 11.0. The van der Waals surface area contributed by atoms with Crippen molar-refractivity contribution in [1.29, 1.82) is 0 Å². The van der Waals surface area contributed by atoms with Crippen molar-refractivity contribution in [3.05, 3.63) is 33.2 Å². The summed E-state index contributed by atoms with van der Waals surface area (Å²) < 4.78 is 2.22. The molecule has 0 aliphatic heterocycles. The normalized spacial score (nSPS) is 10.8. The molecule has 0 fully saturated rings. The predicted molar refractivity (Wildman–Crippen MR) is 86.8 cm³/mol. The molecule has 1 aromatic carbocycles. The van der Waals surface area contributed by atoms with Crippen molar-refractivity contribution < 1.29 is 25.3 Å². The molecule has 1 aromatic rings. The van der Waals surface area contributed by atoms with Gasteiger partial charge in [-0.25, -0.2) is 0 Å². The van der Waals surface area contributed by atoms with Crippen molar-refractivity contribution >= 4 is 39.2 Å². The smallest absolute Gasteiger partial charge is 0.402 e. The lowest BCUT2D eigenvalue weighted by molar-refractivity contribution is -0.107. The van der Waals surface area contributed by atoms with Crippen LogP contribution in [0.5, 0.6) is 0 Å². The molecular formula is C12H21BBr2O5. The highest BCUT2D eigenvalue weighted by molar-refractivity contribution is 9.11. The van der Waals surface area contributed by atoms with E-state index < -0.39 is 18.5 Å². The van der Waals surface area contributed by atoms with Crippen molar-refractivity contribution in [2.45, 2.75) is 38.9 Å². The van der Waals surface area contributed by atoms with Crippen LogP contribution < -0.4 is 0 Å². The minimum atomic E-state index is -2.17. The van der Waals surface area contributed by atoms with E-state index in [0.717, 1.165) is 8.95 Å². The minimum Gasteiger partial charge on any atom is -0.402 e. The molecule has 8 heteroatoms. The molecule has 0 heterocycles. The first-order valence-corrected chi connectivity index (χ1v) is 7.26. The van der Waals surface area contributed by atoms with Crippen LogP contribution in [0.4, 0.5) is 0 Å². The fourth-order valence-electron chi connectivity index (χ4n) is 0.430. The van der Waals surface area contributed by atoms with Crippen LogP contribution in [0.25, 0.3) is 0 Å². The van der Waals surface area contributed by atoms with Gasteiger partial charge in [0.15, 0.2) is 0 Å². The molecule has 0 bridgehead atoms. The largest absolute Gasteiger partial charge is 0.631 e. The lowest BCUT2D eigenvalue weighted by atomic mass is 9.90. The Morgan fingerprint density at radius 1 is 0.750 bits per heavy atom. The van der Waals surface area contributed by atoms with Gasteiger partial charge < -0.3 is 25.3 Å². The lowest BCUT2D eigenvalue weighted by Gasteiger charge is -2.31. The number of hydrogen-bond donors (Lipinski definition) is 5. The van der Waals surface area contributed by atoms with Crippen LogP contribution >= 0.6 is 31.9 Å². The molecule has 0 unspecified atom stereocenters. The van der Waals surface area contributed by atoms with Crippen LogP contribution in [0, 0.1) is 0 Å². The molecule has 0 amide bonds. The summed E-state index contributed by atoms with van der Waals surface area (Å²) in [6, 6.07) is 7.96. The predicted octanol–water partition coefficient (Wildman–Crippen LogP) is 1.69. The highest BCUT2D eigenvalue weighted by atomic mass is 79.9. The third kappa shape index (κ3) is 14.5. The zero-order chi connectivity index (χ0) is 16.6. The van der Waals surface area contributed by atoms with Gasteiger partial charge in [-0.2, -0.15) is 0 Å². The molecule has 0 saturated carbocycles. The van der Waals surface area contributed by atoms with Crippen molar-refractivity contribution in [3.63, 3.8) is 0 Å². The molecule has 0 spiro atoms. The number of rotatable bonds is 1. The maximum absolute atomic E-state index is 9.10. The monoisotopic (exact) mass is 414 g/mol. The minimum absolute atomic E-state index is 1.01. The van der Waals surface area contributed by atoms with Gasteiger partial charge in [-0.3, -0.25) is 0 Å². The molecule has 0 aliphatic carbocycles. The number of aliphatic hydroxyl groups is 2. The molecule has 0 atom stereocenters. The quantitative estimate of drug-likeness (QED) is 0.449. The van der Waals surface area contributed by atoms with Crippen LogP contribution in [-0.4, -0.2) is 43.8 Å². The van der Waals surface area contributed by atoms with Gasteiger partial charge in [0.2, 0.25) is 0 Å². The van der Waals surface area contributed by atoms with Gasteiger partial charge in [0.1, 0.15) is 0 Å². The molecule has 0 radical (unpaired) electrons. The summed E-state index contributed by atoms with van der Waals surface area (Å²) in [6.07, 6.45) is 0. The van der Waals surface area contributed by atoms with E-state index in [1.54, 1.807) is 27.7 Å². The van der Waals surface area contributed by atoms with Gasteiger partial charge in [-0.05, 0) is 52.0 Å². The molecule has 0 saturated heterocycles. The second-order valence-corrected chi connectivity index (χ2v) is 6.73. The molecule has 116 valence electrons. The molecule has 0 aliphatic rings. The van der Waals surface area contributed by atoms with E-state index in [0.29, 0.717) is 0 Å². The molecule has 20 heavy (non-hydrogen) atoms. The lowest BCUT2D eigenvalue weighted by Crippen LogP contribution is -2.44. The van der Waals surface area contributed by atoms with E-state index in [-0.39, 0.29) is 0 Å². The Hall–Kier alpha value is 0.0449. The van der Waals surface area contributed by atoms with E-state index in [1.165, 1.54) is 0 Å². The van der Waals surface area contributed by atoms with Gasteiger partial charge >= 0.3 is 7.32 Å². The fourth-order valence-corrected chi connectivity index (χ4v) is 0.958. The standard InChI is InChI=1S/C6H4Br2.C6H14O2.BH3O3/c7-5-1-2-6(8)4-3-5;1-5(2,7)6(3,4)8;2-1(3)4/h1-4H;7-8H,1-4H3;2-4H. The molecule has 5 N–H and O–H groups in total. The zero-order valence-corrected chi connectivity index (χ0v) is 15.1. The van der Waals surface area contributed by atoms with Crippen LogP contribution in [0.15, 0.2) is 33.2 Å². The van der Waals surface area contributed by atoms with Crippen LogP contribution in [-0.2, 0) is 0 Å². The summed E-state index contributed by atoms with van der Waals surface area (Å²) >= 11 is 6.65. The average molecular weight is 416 g/mol. The summed E-state index contributed by atoms with van der Waals surface area (Å²) in [5.74, 6) is 0. The van der Waals surface area contributed by atoms with Gasteiger partial charge in [-0.15, -0.1) is 0 Å². The average Bonchev–Trinajstić information content (AvgIpc) is 2.19. The van der Waals surface area contributed by atoms with Crippen LogP contribution in [0.3, 0.4) is 0 Å². The maximum atomic E-state index is 9.10. The Bertz CT molecular complexity index is 322. The number of hydrogen-bond acceptors (Lipinski definition) is 5. The summed E-state index contributed by atoms with van der Waals surface area (Å²) in [7, 11) is -2.17. The van der Waals surface area contributed by atoms with Gasteiger partial charge in [0.25, 0.3) is 0 Å². The Balaban J connectivity index is 0. The van der Waals surface area contributed by atoms with E-state index in [2.05, 4.69) is 31.9 Å². The number of benzene rings is 1. The number of halogens is 2. The third-order valence-electron chi connectivity index (χ3n) is 2.30. The molecule has 5 nitrogen and oxygen atoms in total. The van der Waals surface area contributed by atoms with Crippen molar-refractivity contribution in [2.24, 2.45) is 0 Å². The fraction of sp³-hybridized carbons (Fsp3) is 0.500. The first-order chi connectivity index (χ1) is 8.77. The summed E-state index contributed by atoms with van der Waals surface area (Å²) in [5, 5.41) is 39.7. The van der Waals surface area contributed by atoms with Crippen molar-refractivity contribution in [2.75, 3.05) is 0 Å². The van der Waals surface area contributed by atoms with Gasteiger partial charge in [0, 0.05) is 8.95 Å². The van der Waals surface area contributed by atoms with E-state index in [1.807, 2.05) is 24.3 Å². The molecular weight excluding hydrogens is 395 g/mol. The highest BCUT2D eigenvalue weighted by Gasteiger charge is 2.31. The molecule has 0 aromatic heterocycles. The molecule has 1 rings (SSSR count). The van der Waals surface area contributed by atoms with E-state index in [9.17, 15) is 0 Å². The Morgan fingerprint density at radius 3 is 1.00 bits per heavy atom. The van der Waals surface area contributed by atoms with E-state index >= 15 is 0 Å². The van der Waals surface area contributed by atoms with Crippen molar-refractivity contribution in [1.82, 2.24) is 0 Å². The summed E-state index contributed by atoms with van der Waals surface area (Å²) in [4.78, 5) is 0. The van der Waals surface area contributed by atoms with Gasteiger partial charge in [-0.1, -0.05) is 31.9 Å². The first-order valence-electron chi connectivity index (χ1n) is 5.67. The first kappa shape index (κ1) is 22.3. The van der Waals surface area contributed by atoms with Crippen LogP contribution in [0.2, 0.25) is 0 Å². The van der Waals surface area contributed by atoms with Gasteiger partial charge in [0.05, 0.1) is 11.2 Å².